The van der Waals surface area contributed by atoms with Crippen LogP contribution in [0.5, 0.6) is 0 Å². The molecule has 0 aliphatic carbocycles. The van der Waals surface area contributed by atoms with Crippen LogP contribution < -0.4 is 0 Å². The lowest BCUT2D eigenvalue weighted by Crippen LogP contribution is -2.48. The lowest BCUT2D eigenvalue weighted by Gasteiger charge is -2.39. The summed E-state index contributed by atoms with van der Waals surface area (Å²) in [7, 11) is 0. The molecule has 0 atom stereocenters. The monoisotopic (exact) mass is 360 g/mol. The highest BCUT2D eigenvalue weighted by atomic mass is 19.1. The Morgan fingerprint density at radius 3 is 2.69 bits per heavy atom. The first-order chi connectivity index (χ1) is 12.8. The minimum Gasteiger partial charge on any atom is -0.379 e. The largest absolute Gasteiger partial charge is 0.379 e. The van der Waals surface area contributed by atoms with Crippen molar-refractivity contribution in [2.45, 2.75) is 31.8 Å². The second kappa shape index (κ2) is 8.24. The molecule has 0 radical (unpaired) electrons. The number of ether oxygens (including phenoxy) is 1. The summed E-state index contributed by atoms with van der Waals surface area (Å²) in [6.07, 6.45) is 2.83. The van der Waals surface area contributed by atoms with Gasteiger partial charge in [0, 0.05) is 38.6 Å². The van der Waals surface area contributed by atoms with E-state index >= 15 is 0 Å². The topological polar surface area (TPSA) is 54.6 Å². The maximum Gasteiger partial charge on any atom is 0.240 e. The summed E-state index contributed by atoms with van der Waals surface area (Å²) in [5, 5.41) is 4.04. The van der Waals surface area contributed by atoms with E-state index in [1.54, 1.807) is 6.07 Å². The molecule has 7 heteroatoms. The van der Waals surface area contributed by atoms with Crippen molar-refractivity contribution in [1.82, 2.24) is 19.9 Å². The van der Waals surface area contributed by atoms with E-state index in [0.29, 0.717) is 30.7 Å². The Hall–Kier alpha value is -1.83. The predicted molar refractivity (Wildman–Crippen MR) is 94.2 cm³/mol. The minimum atomic E-state index is -0.241. The van der Waals surface area contributed by atoms with E-state index in [4.69, 9.17) is 9.26 Å². The highest BCUT2D eigenvalue weighted by Crippen LogP contribution is 2.19. The summed E-state index contributed by atoms with van der Waals surface area (Å²) in [6, 6.07) is 7.18. The Balaban J connectivity index is 1.27. The molecular formula is C19H25FN4O2. The Kier molecular flexibility index (Phi) is 5.57. The summed E-state index contributed by atoms with van der Waals surface area (Å²) in [5.41, 5.74) is 0.851. The van der Waals surface area contributed by atoms with E-state index in [9.17, 15) is 4.39 Å². The molecule has 2 aliphatic rings. The van der Waals surface area contributed by atoms with Crippen LogP contribution >= 0.6 is 0 Å². The van der Waals surface area contributed by atoms with Crippen molar-refractivity contribution in [3.05, 3.63) is 47.4 Å². The SMILES string of the molecule is Fc1cccc(Cc2noc(CN3CCC(N4CCOCC4)CC3)n2)c1. The van der Waals surface area contributed by atoms with Crippen molar-refractivity contribution in [3.63, 3.8) is 0 Å². The molecule has 1 aromatic carbocycles. The number of hydrogen-bond donors (Lipinski definition) is 0. The van der Waals surface area contributed by atoms with Gasteiger partial charge in [0.25, 0.3) is 0 Å². The smallest absolute Gasteiger partial charge is 0.240 e. The van der Waals surface area contributed by atoms with E-state index < -0.39 is 0 Å². The van der Waals surface area contributed by atoms with Gasteiger partial charge in [0.05, 0.1) is 19.8 Å². The van der Waals surface area contributed by atoms with Gasteiger partial charge < -0.3 is 9.26 Å². The number of aromatic nitrogens is 2. The number of halogens is 1. The molecule has 0 bridgehead atoms. The van der Waals surface area contributed by atoms with Crippen molar-refractivity contribution in [3.8, 4) is 0 Å². The number of morpholine rings is 1. The Labute approximate surface area is 152 Å². The zero-order chi connectivity index (χ0) is 17.8. The second-order valence-electron chi connectivity index (χ2n) is 7.07. The van der Waals surface area contributed by atoms with Gasteiger partial charge in [0.1, 0.15) is 5.82 Å². The average Bonchev–Trinajstić information content (AvgIpc) is 3.10. The number of nitrogens with zero attached hydrogens (tertiary/aromatic N) is 4. The third kappa shape index (κ3) is 4.47. The van der Waals surface area contributed by atoms with Gasteiger partial charge in [-0.05, 0) is 30.5 Å². The van der Waals surface area contributed by atoms with Gasteiger partial charge in [-0.1, -0.05) is 17.3 Å². The Morgan fingerprint density at radius 1 is 1.12 bits per heavy atom. The van der Waals surface area contributed by atoms with E-state index in [1.807, 2.05) is 6.07 Å². The van der Waals surface area contributed by atoms with Crippen molar-refractivity contribution < 1.29 is 13.7 Å². The Morgan fingerprint density at radius 2 is 1.92 bits per heavy atom. The molecule has 2 saturated heterocycles. The quantitative estimate of drug-likeness (QED) is 0.814. The summed E-state index contributed by atoms with van der Waals surface area (Å²) in [5.74, 6) is 1.00. The molecule has 0 unspecified atom stereocenters. The molecule has 2 aromatic rings. The lowest BCUT2D eigenvalue weighted by atomic mass is 10.0. The molecule has 3 heterocycles. The van der Waals surface area contributed by atoms with Crippen LogP contribution in [0.4, 0.5) is 4.39 Å². The molecule has 0 N–H and O–H groups in total. The van der Waals surface area contributed by atoms with Gasteiger partial charge in [0.2, 0.25) is 5.89 Å². The number of likely N-dealkylation sites (tertiary alicyclic amines) is 1. The first-order valence-corrected chi connectivity index (χ1v) is 9.36. The first-order valence-electron chi connectivity index (χ1n) is 9.36. The van der Waals surface area contributed by atoms with Crippen LogP contribution in [0.25, 0.3) is 0 Å². The number of benzene rings is 1. The summed E-state index contributed by atoms with van der Waals surface area (Å²) in [6.45, 7) is 6.60. The van der Waals surface area contributed by atoms with Gasteiger partial charge >= 0.3 is 0 Å². The van der Waals surface area contributed by atoms with Crippen LogP contribution in [-0.4, -0.2) is 65.4 Å². The molecule has 0 spiro atoms. The number of hydrogen-bond acceptors (Lipinski definition) is 6. The van der Waals surface area contributed by atoms with E-state index in [-0.39, 0.29) is 5.82 Å². The Bertz CT molecular complexity index is 709. The normalized spacial score (nSPS) is 20.5. The molecule has 0 amide bonds. The highest BCUT2D eigenvalue weighted by Gasteiger charge is 2.26. The standard InChI is InChI=1S/C19H25FN4O2/c20-16-3-1-2-15(12-16)13-18-21-19(26-22-18)14-23-6-4-17(5-7-23)24-8-10-25-11-9-24/h1-3,12,17H,4-11,13-14H2. The van der Waals surface area contributed by atoms with Gasteiger partial charge in [-0.3, -0.25) is 9.80 Å². The van der Waals surface area contributed by atoms with Crippen LogP contribution in [-0.2, 0) is 17.7 Å². The van der Waals surface area contributed by atoms with E-state index in [1.165, 1.54) is 25.0 Å². The maximum atomic E-state index is 13.3. The van der Waals surface area contributed by atoms with Gasteiger partial charge in [-0.15, -0.1) is 0 Å². The molecule has 140 valence electrons. The maximum absolute atomic E-state index is 13.3. The number of piperidine rings is 1. The van der Waals surface area contributed by atoms with Crippen molar-refractivity contribution in [1.29, 1.82) is 0 Å². The van der Waals surface area contributed by atoms with Crippen molar-refractivity contribution in [2.75, 3.05) is 39.4 Å². The average molecular weight is 360 g/mol. The zero-order valence-corrected chi connectivity index (χ0v) is 14.9. The van der Waals surface area contributed by atoms with Gasteiger partial charge in [-0.25, -0.2) is 4.39 Å². The van der Waals surface area contributed by atoms with Crippen LogP contribution in [0.15, 0.2) is 28.8 Å². The third-order valence-electron chi connectivity index (χ3n) is 5.24. The highest BCUT2D eigenvalue weighted by molar-refractivity contribution is 5.19. The zero-order valence-electron chi connectivity index (χ0n) is 14.9. The van der Waals surface area contributed by atoms with Crippen LogP contribution in [0.2, 0.25) is 0 Å². The molecule has 26 heavy (non-hydrogen) atoms. The minimum absolute atomic E-state index is 0.241. The second-order valence-corrected chi connectivity index (χ2v) is 7.07. The molecule has 4 rings (SSSR count). The molecule has 1 aromatic heterocycles. The van der Waals surface area contributed by atoms with Crippen LogP contribution in [0.1, 0.15) is 30.1 Å². The molecule has 0 saturated carbocycles. The molecule has 2 aliphatic heterocycles. The van der Waals surface area contributed by atoms with Crippen molar-refractivity contribution in [2.24, 2.45) is 0 Å². The summed E-state index contributed by atoms with van der Waals surface area (Å²) in [4.78, 5) is 9.40. The summed E-state index contributed by atoms with van der Waals surface area (Å²) < 4.78 is 24.1. The molecule has 6 nitrogen and oxygen atoms in total. The third-order valence-corrected chi connectivity index (χ3v) is 5.24. The fourth-order valence-corrected chi connectivity index (χ4v) is 3.83. The van der Waals surface area contributed by atoms with E-state index in [2.05, 4.69) is 19.9 Å². The van der Waals surface area contributed by atoms with Gasteiger partial charge in [0.15, 0.2) is 5.82 Å². The summed E-state index contributed by atoms with van der Waals surface area (Å²) >= 11 is 0. The molecular weight excluding hydrogens is 335 g/mol. The van der Waals surface area contributed by atoms with E-state index in [0.717, 1.165) is 45.0 Å². The van der Waals surface area contributed by atoms with Crippen molar-refractivity contribution >= 4 is 0 Å². The van der Waals surface area contributed by atoms with Crippen LogP contribution in [0.3, 0.4) is 0 Å². The van der Waals surface area contributed by atoms with Gasteiger partial charge in [-0.2, -0.15) is 4.98 Å². The molecule has 2 fully saturated rings. The number of rotatable bonds is 5. The lowest BCUT2D eigenvalue weighted by molar-refractivity contribution is -0.000520. The fourth-order valence-electron chi connectivity index (χ4n) is 3.83. The first kappa shape index (κ1) is 17.6. The predicted octanol–water partition coefficient (Wildman–Crippen LogP) is 2.10. The fraction of sp³-hybridized carbons (Fsp3) is 0.579. The van der Waals surface area contributed by atoms with Crippen LogP contribution in [0, 0.1) is 5.82 Å².